The molecular formula is C23H31N3O3. The Morgan fingerprint density at radius 1 is 1.14 bits per heavy atom. The number of carbonyl (C=O) groups excluding carboxylic acids is 2. The highest BCUT2D eigenvalue weighted by Crippen LogP contribution is 2.47. The van der Waals surface area contributed by atoms with E-state index in [9.17, 15) is 9.59 Å². The Morgan fingerprint density at radius 2 is 1.93 bits per heavy atom. The maximum Gasteiger partial charge on any atom is 0.232 e. The zero-order valence-corrected chi connectivity index (χ0v) is 17.1. The van der Waals surface area contributed by atoms with Crippen LogP contribution < -0.4 is 5.32 Å². The molecule has 1 aromatic rings. The fourth-order valence-corrected chi connectivity index (χ4v) is 4.78. The number of allylic oxidation sites excluding steroid dienone is 1. The number of morpholine rings is 1. The molecule has 6 heteroatoms. The first-order valence-corrected chi connectivity index (χ1v) is 10.8. The van der Waals surface area contributed by atoms with Crippen LogP contribution in [0.15, 0.2) is 42.1 Å². The molecule has 1 N–H and O–H groups in total. The summed E-state index contributed by atoms with van der Waals surface area (Å²) < 4.78 is 5.39. The van der Waals surface area contributed by atoms with Gasteiger partial charge < -0.3 is 15.0 Å². The van der Waals surface area contributed by atoms with Crippen molar-refractivity contribution < 1.29 is 14.3 Å². The second kappa shape index (κ2) is 9.09. The Morgan fingerprint density at radius 3 is 2.72 bits per heavy atom. The third kappa shape index (κ3) is 4.38. The molecule has 0 bridgehead atoms. The minimum Gasteiger partial charge on any atom is -0.379 e. The zero-order chi connectivity index (χ0) is 20.1. The van der Waals surface area contributed by atoms with Gasteiger partial charge in [0.2, 0.25) is 11.8 Å². The van der Waals surface area contributed by atoms with Gasteiger partial charge >= 0.3 is 0 Å². The van der Waals surface area contributed by atoms with Gasteiger partial charge in [-0.05, 0) is 31.2 Å². The Kier molecular flexibility index (Phi) is 6.31. The number of fused-ring (bicyclic) bond motifs is 1. The van der Waals surface area contributed by atoms with Crippen molar-refractivity contribution in [2.45, 2.75) is 38.6 Å². The van der Waals surface area contributed by atoms with Crippen LogP contribution in [0.25, 0.3) is 0 Å². The molecule has 29 heavy (non-hydrogen) atoms. The number of ether oxygens (including phenoxy) is 1. The summed E-state index contributed by atoms with van der Waals surface area (Å²) in [6.07, 6.45) is 5.92. The molecule has 2 heterocycles. The summed E-state index contributed by atoms with van der Waals surface area (Å²) in [4.78, 5) is 30.3. The topological polar surface area (TPSA) is 61.9 Å². The molecule has 1 aliphatic carbocycles. The van der Waals surface area contributed by atoms with Gasteiger partial charge in [-0.2, -0.15) is 0 Å². The predicted octanol–water partition coefficient (Wildman–Crippen LogP) is 2.31. The number of amides is 2. The standard InChI is InChI=1S/C23H31N3O3/c27-21-9-11-23(22(28)24-12-13-25-14-16-29-17-15-25)10-5-4-8-20(23)26(21)18-19-6-2-1-3-7-19/h1-3,6-8H,4-5,9-18H2,(H,24,28)/t23-/m1/s1. The average Bonchev–Trinajstić information content (AvgIpc) is 2.77. The van der Waals surface area contributed by atoms with E-state index in [1.54, 1.807) is 0 Å². The number of benzene rings is 1. The summed E-state index contributed by atoms with van der Waals surface area (Å²) >= 11 is 0. The Bertz CT molecular complexity index is 758. The van der Waals surface area contributed by atoms with E-state index in [-0.39, 0.29) is 11.8 Å². The lowest BCUT2D eigenvalue weighted by atomic mass is 9.69. The SMILES string of the molecule is O=C1CC[C@]2(C(=O)NCCN3CCOCC3)CCCC=C2N1Cc1ccccc1. The maximum absolute atomic E-state index is 13.4. The predicted molar refractivity (Wildman–Crippen MR) is 111 cm³/mol. The molecule has 2 aliphatic heterocycles. The van der Waals surface area contributed by atoms with Gasteiger partial charge in [-0.25, -0.2) is 0 Å². The van der Waals surface area contributed by atoms with Gasteiger partial charge in [0.15, 0.2) is 0 Å². The van der Waals surface area contributed by atoms with Crippen LogP contribution in [-0.2, 0) is 20.9 Å². The van der Waals surface area contributed by atoms with E-state index in [0.717, 1.165) is 63.4 Å². The third-order valence-corrected chi connectivity index (χ3v) is 6.43. The van der Waals surface area contributed by atoms with Crippen LogP contribution >= 0.6 is 0 Å². The molecule has 2 fully saturated rings. The minimum absolute atomic E-state index is 0.0854. The fourth-order valence-electron chi connectivity index (χ4n) is 4.78. The second-order valence-electron chi connectivity index (χ2n) is 8.24. The van der Waals surface area contributed by atoms with E-state index in [1.165, 1.54) is 0 Å². The van der Waals surface area contributed by atoms with Crippen molar-refractivity contribution in [2.24, 2.45) is 5.41 Å². The normalized spacial score (nSPS) is 25.3. The van der Waals surface area contributed by atoms with Gasteiger partial charge in [0, 0.05) is 38.3 Å². The van der Waals surface area contributed by atoms with Crippen molar-refractivity contribution in [3.63, 3.8) is 0 Å². The van der Waals surface area contributed by atoms with E-state index in [0.29, 0.717) is 25.9 Å². The molecule has 2 amide bonds. The van der Waals surface area contributed by atoms with Crippen LogP contribution in [0.2, 0.25) is 0 Å². The summed E-state index contributed by atoms with van der Waals surface area (Å²) in [5.41, 5.74) is 1.45. The molecule has 1 atom stereocenters. The van der Waals surface area contributed by atoms with Crippen molar-refractivity contribution in [3.8, 4) is 0 Å². The van der Waals surface area contributed by atoms with Crippen LogP contribution in [0, 0.1) is 5.41 Å². The number of nitrogens with zero attached hydrogens (tertiary/aromatic N) is 2. The average molecular weight is 398 g/mol. The molecule has 156 valence electrons. The summed E-state index contributed by atoms with van der Waals surface area (Å²) in [6.45, 7) is 5.39. The molecule has 1 aromatic carbocycles. The number of piperidine rings is 1. The maximum atomic E-state index is 13.4. The number of carbonyl (C=O) groups is 2. The summed E-state index contributed by atoms with van der Waals surface area (Å²) in [5.74, 6) is 0.209. The number of hydrogen-bond acceptors (Lipinski definition) is 4. The van der Waals surface area contributed by atoms with Crippen molar-refractivity contribution in [2.75, 3.05) is 39.4 Å². The number of hydrogen-bond donors (Lipinski definition) is 1. The van der Waals surface area contributed by atoms with Crippen molar-refractivity contribution in [1.82, 2.24) is 15.1 Å². The van der Waals surface area contributed by atoms with Crippen LogP contribution in [0.4, 0.5) is 0 Å². The number of rotatable bonds is 6. The largest absolute Gasteiger partial charge is 0.379 e. The quantitative estimate of drug-likeness (QED) is 0.800. The zero-order valence-electron chi connectivity index (χ0n) is 17.1. The second-order valence-corrected chi connectivity index (χ2v) is 8.24. The molecule has 0 aromatic heterocycles. The van der Waals surface area contributed by atoms with Crippen molar-refractivity contribution in [1.29, 1.82) is 0 Å². The van der Waals surface area contributed by atoms with Gasteiger partial charge in [-0.15, -0.1) is 0 Å². The molecule has 3 aliphatic rings. The van der Waals surface area contributed by atoms with Gasteiger partial charge in [-0.1, -0.05) is 36.4 Å². The fraction of sp³-hybridized carbons (Fsp3) is 0.565. The summed E-state index contributed by atoms with van der Waals surface area (Å²) in [5, 5.41) is 3.19. The highest BCUT2D eigenvalue weighted by atomic mass is 16.5. The molecule has 4 rings (SSSR count). The Hall–Kier alpha value is -2.18. The summed E-state index contributed by atoms with van der Waals surface area (Å²) in [6, 6.07) is 10.0. The van der Waals surface area contributed by atoms with E-state index >= 15 is 0 Å². The minimum atomic E-state index is -0.564. The number of likely N-dealkylation sites (tertiary alicyclic amines) is 1. The van der Waals surface area contributed by atoms with E-state index in [4.69, 9.17) is 4.74 Å². The number of nitrogens with one attached hydrogen (secondary N) is 1. The third-order valence-electron chi connectivity index (χ3n) is 6.43. The van der Waals surface area contributed by atoms with Gasteiger partial charge in [0.1, 0.15) is 0 Å². The highest BCUT2D eigenvalue weighted by molar-refractivity contribution is 5.91. The van der Waals surface area contributed by atoms with Gasteiger partial charge in [-0.3, -0.25) is 14.5 Å². The lowest BCUT2D eigenvalue weighted by Crippen LogP contribution is -2.53. The Balaban J connectivity index is 1.46. The van der Waals surface area contributed by atoms with Crippen LogP contribution in [0.1, 0.15) is 37.7 Å². The van der Waals surface area contributed by atoms with Gasteiger partial charge in [0.25, 0.3) is 0 Å². The Labute approximate surface area is 172 Å². The first-order valence-electron chi connectivity index (χ1n) is 10.8. The molecule has 0 spiro atoms. The lowest BCUT2D eigenvalue weighted by Gasteiger charge is -2.46. The molecule has 2 saturated heterocycles. The molecule has 6 nitrogen and oxygen atoms in total. The monoisotopic (exact) mass is 397 g/mol. The first kappa shape index (κ1) is 20.1. The van der Waals surface area contributed by atoms with E-state index in [1.807, 2.05) is 35.2 Å². The molecular weight excluding hydrogens is 366 g/mol. The van der Waals surface area contributed by atoms with Crippen LogP contribution in [0.3, 0.4) is 0 Å². The van der Waals surface area contributed by atoms with Crippen LogP contribution in [0.5, 0.6) is 0 Å². The van der Waals surface area contributed by atoms with Crippen LogP contribution in [-0.4, -0.2) is 61.0 Å². The lowest BCUT2D eigenvalue weighted by molar-refractivity contribution is -0.141. The molecule has 0 radical (unpaired) electrons. The first-order chi connectivity index (χ1) is 14.2. The van der Waals surface area contributed by atoms with E-state index < -0.39 is 5.41 Å². The smallest absolute Gasteiger partial charge is 0.232 e. The molecule has 0 unspecified atom stereocenters. The van der Waals surface area contributed by atoms with Crippen molar-refractivity contribution in [3.05, 3.63) is 47.7 Å². The highest BCUT2D eigenvalue weighted by Gasteiger charge is 2.49. The van der Waals surface area contributed by atoms with E-state index in [2.05, 4.69) is 16.3 Å². The van der Waals surface area contributed by atoms with Gasteiger partial charge in [0.05, 0.1) is 25.2 Å². The van der Waals surface area contributed by atoms with Crippen molar-refractivity contribution >= 4 is 11.8 Å². The molecule has 0 saturated carbocycles. The summed E-state index contributed by atoms with van der Waals surface area (Å²) in [7, 11) is 0.